The number of hydrogen-bond donors (Lipinski definition) is 1. The molecule has 0 aromatic heterocycles. The zero-order valence-corrected chi connectivity index (χ0v) is 12.6. The van der Waals surface area contributed by atoms with E-state index in [0.29, 0.717) is 11.5 Å². The third kappa shape index (κ3) is 3.99. The van der Waals surface area contributed by atoms with Crippen molar-refractivity contribution >= 4 is 15.9 Å². The van der Waals surface area contributed by atoms with E-state index in [1.54, 1.807) is 0 Å². The van der Waals surface area contributed by atoms with E-state index in [4.69, 9.17) is 5.73 Å². The van der Waals surface area contributed by atoms with Crippen molar-refractivity contribution in [3.8, 4) is 0 Å². The Hall–Kier alpha value is -0.480. The molecule has 1 aromatic carbocycles. The van der Waals surface area contributed by atoms with Crippen LogP contribution >= 0.6 is 15.9 Å². The molecule has 0 heterocycles. The van der Waals surface area contributed by atoms with Gasteiger partial charge in [0.1, 0.15) is 11.6 Å². The quantitative estimate of drug-likeness (QED) is 0.606. The van der Waals surface area contributed by atoms with Crippen LogP contribution in [0.3, 0.4) is 0 Å². The summed E-state index contributed by atoms with van der Waals surface area (Å²) >= 11 is 2.98. The fourth-order valence-electron chi connectivity index (χ4n) is 2.91. The van der Waals surface area contributed by atoms with Gasteiger partial charge in [0, 0.05) is 11.6 Å². The standard InChI is InChI=1S/C15H20BrF2N/c16-12-9-13(17)11(8-14(12)18)15(19)7-10-5-3-1-2-4-6-10/h8-10,15H,1-7,19H2. The lowest BCUT2D eigenvalue weighted by atomic mass is 9.90. The van der Waals surface area contributed by atoms with Crippen molar-refractivity contribution in [2.45, 2.75) is 51.0 Å². The van der Waals surface area contributed by atoms with Crippen molar-refractivity contribution in [2.75, 3.05) is 0 Å². The van der Waals surface area contributed by atoms with Crippen molar-refractivity contribution in [3.63, 3.8) is 0 Å². The van der Waals surface area contributed by atoms with Gasteiger partial charge in [-0.05, 0) is 40.4 Å². The molecule has 19 heavy (non-hydrogen) atoms. The first-order chi connectivity index (χ1) is 9.08. The molecule has 1 atom stereocenters. The summed E-state index contributed by atoms with van der Waals surface area (Å²) in [4.78, 5) is 0. The fourth-order valence-corrected chi connectivity index (χ4v) is 3.22. The molecule has 1 aliphatic carbocycles. The van der Waals surface area contributed by atoms with Crippen LogP contribution in [0.4, 0.5) is 8.78 Å². The lowest BCUT2D eigenvalue weighted by Gasteiger charge is -2.20. The molecule has 4 heteroatoms. The molecule has 2 rings (SSSR count). The Morgan fingerprint density at radius 1 is 1.11 bits per heavy atom. The van der Waals surface area contributed by atoms with Crippen LogP contribution in [0.25, 0.3) is 0 Å². The number of benzene rings is 1. The Bertz CT molecular complexity index is 428. The van der Waals surface area contributed by atoms with E-state index in [9.17, 15) is 8.78 Å². The maximum Gasteiger partial charge on any atom is 0.137 e. The normalized spacial score (nSPS) is 19.2. The molecule has 1 aromatic rings. The van der Waals surface area contributed by atoms with Crippen molar-refractivity contribution < 1.29 is 8.78 Å². The summed E-state index contributed by atoms with van der Waals surface area (Å²) in [6.07, 6.45) is 8.10. The average molecular weight is 332 g/mol. The highest BCUT2D eigenvalue weighted by Crippen LogP contribution is 2.32. The SMILES string of the molecule is NC(CC1CCCCCC1)c1cc(F)c(Br)cc1F. The second-order valence-electron chi connectivity index (χ2n) is 5.49. The molecule has 1 saturated carbocycles. The Morgan fingerprint density at radius 2 is 1.74 bits per heavy atom. The van der Waals surface area contributed by atoms with Gasteiger partial charge in [-0.2, -0.15) is 0 Å². The zero-order chi connectivity index (χ0) is 13.8. The smallest absolute Gasteiger partial charge is 0.137 e. The molecule has 2 N–H and O–H groups in total. The Balaban J connectivity index is 2.06. The van der Waals surface area contributed by atoms with Crippen LogP contribution in [0.1, 0.15) is 56.6 Å². The van der Waals surface area contributed by atoms with Crippen LogP contribution in [0, 0.1) is 17.6 Å². The van der Waals surface area contributed by atoms with Crippen LogP contribution in [0.5, 0.6) is 0 Å². The molecular formula is C15H20BrF2N. The minimum atomic E-state index is -0.451. The van der Waals surface area contributed by atoms with Crippen molar-refractivity contribution in [1.82, 2.24) is 0 Å². The topological polar surface area (TPSA) is 26.0 Å². The highest BCUT2D eigenvalue weighted by Gasteiger charge is 2.20. The van der Waals surface area contributed by atoms with E-state index < -0.39 is 17.7 Å². The van der Waals surface area contributed by atoms with Gasteiger partial charge in [-0.1, -0.05) is 38.5 Å². The largest absolute Gasteiger partial charge is 0.324 e. The first kappa shape index (κ1) is 14.9. The number of nitrogens with two attached hydrogens (primary N) is 1. The fraction of sp³-hybridized carbons (Fsp3) is 0.600. The van der Waals surface area contributed by atoms with Crippen molar-refractivity contribution in [2.24, 2.45) is 11.7 Å². The monoisotopic (exact) mass is 331 g/mol. The molecule has 1 fully saturated rings. The average Bonchev–Trinajstić information content (AvgIpc) is 2.62. The highest BCUT2D eigenvalue weighted by atomic mass is 79.9. The van der Waals surface area contributed by atoms with Gasteiger partial charge >= 0.3 is 0 Å². The van der Waals surface area contributed by atoms with Gasteiger partial charge in [-0.3, -0.25) is 0 Å². The van der Waals surface area contributed by atoms with Crippen LogP contribution in [0.15, 0.2) is 16.6 Å². The van der Waals surface area contributed by atoms with E-state index in [-0.39, 0.29) is 4.47 Å². The number of halogens is 3. The maximum absolute atomic E-state index is 13.8. The summed E-state index contributed by atoms with van der Waals surface area (Å²) in [5, 5.41) is 0. The molecule has 0 aliphatic heterocycles. The van der Waals surface area contributed by atoms with Gasteiger partial charge in [0.05, 0.1) is 4.47 Å². The third-order valence-electron chi connectivity index (χ3n) is 4.00. The first-order valence-corrected chi connectivity index (χ1v) is 7.77. The van der Waals surface area contributed by atoms with Gasteiger partial charge in [0.2, 0.25) is 0 Å². The summed E-state index contributed by atoms with van der Waals surface area (Å²) in [6, 6.07) is 1.98. The number of hydrogen-bond acceptors (Lipinski definition) is 1. The molecule has 0 saturated heterocycles. The summed E-state index contributed by atoms with van der Waals surface area (Å²) in [7, 11) is 0. The second-order valence-corrected chi connectivity index (χ2v) is 6.34. The summed E-state index contributed by atoms with van der Waals surface area (Å²) < 4.78 is 27.5. The molecule has 0 amide bonds. The molecule has 0 radical (unpaired) electrons. The van der Waals surface area contributed by atoms with Crippen LogP contribution in [-0.4, -0.2) is 0 Å². The van der Waals surface area contributed by atoms with Gasteiger partial charge < -0.3 is 5.73 Å². The Kier molecular flexibility index (Phi) is 5.34. The highest BCUT2D eigenvalue weighted by molar-refractivity contribution is 9.10. The zero-order valence-electron chi connectivity index (χ0n) is 11.0. The second kappa shape index (κ2) is 6.80. The van der Waals surface area contributed by atoms with Crippen LogP contribution in [0.2, 0.25) is 0 Å². The minimum absolute atomic E-state index is 0.149. The number of rotatable bonds is 3. The summed E-state index contributed by atoms with van der Waals surface area (Å²) in [6.45, 7) is 0. The molecule has 1 nitrogen and oxygen atoms in total. The first-order valence-electron chi connectivity index (χ1n) is 6.98. The van der Waals surface area contributed by atoms with E-state index in [0.717, 1.165) is 25.3 Å². The van der Waals surface area contributed by atoms with E-state index >= 15 is 0 Å². The third-order valence-corrected chi connectivity index (χ3v) is 4.61. The minimum Gasteiger partial charge on any atom is -0.324 e. The maximum atomic E-state index is 13.8. The Labute approximate surface area is 121 Å². The predicted molar refractivity (Wildman–Crippen MR) is 76.8 cm³/mol. The van der Waals surface area contributed by atoms with Gasteiger partial charge in [0.15, 0.2) is 0 Å². The van der Waals surface area contributed by atoms with Crippen LogP contribution in [-0.2, 0) is 0 Å². The van der Waals surface area contributed by atoms with E-state index in [2.05, 4.69) is 15.9 Å². The lowest BCUT2D eigenvalue weighted by molar-refractivity contribution is 0.386. The summed E-state index contributed by atoms with van der Waals surface area (Å²) in [5.74, 6) is -0.328. The van der Waals surface area contributed by atoms with Gasteiger partial charge in [-0.25, -0.2) is 8.78 Å². The van der Waals surface area contributed by atoms with Gasteiger partial charge in [-0.15, -0.1) is 0 Å². The molecule has 0 bridgehead atoms. The van der Waals surface area contributed by atoms with E-state index in [1.165, 1.54) is 31.7 Å². The van der Waals surface area contributed by atoms with Crippen molar-refractivity contribution in [3.05, 3.63) is 33.8 Å². The molecule has 106 valence electrons. The molecular weight excluding hydrogens is 312 g/mol. The van der Waals surface area contributed by atoms with Gasteiger partial charge in [0.25, 0.3) is 0 Å². The molecule has 1 unspecified atom stereocenters. The predicted octanol–water partition coefficient (Wildman–Crippen LogP) is 5.09. The molecule has 1 aliphatic rings. The Morgan fingerprint density at radius 3 is 2.37 bits per heavy atom. The van der Waals surface area contributed by atoms with Crippen molar-refractivity contribution in [1.29, 1.82) is 0 Å². The lowest BCUT2D eigenvalue weighted by Crippen LogP contribution is -2.17. The summed E-state index contributed by atoms with van der Waals surface area (Å²) in [5.41, 5.74) is 6.37. The van der Waals surface area contributed by atoms with Crippen LogP contribution < -0.4 is 5.73 Å². The van der Waals surface area contributed by atoms with E-state index in [1.807, 2.05) is 0 Å². The molecule has 0 spiro atoms.